The molecule has 2 aliphatic heterocycles. The van der Waals surface area contributed by atoms with Gasteiger partial charge in [0, 0.05) is 42.9 Å². The predicted octanol–water partition coefficient (Wildman–Crippen LogP) is 1.62. The van der Waals surface area contributed by atoms with Crippen LogP contribution in [0.4, 0.5) is 0 Å². The fourth-order valence-electron chi connectivity index (χ4n) is 4.84. The summed E-state index contributed by atoms with van der Waals surface area (Å²) < 4.78 is 1.75. The Morgan fingerprint density at radius 3 is 2.68 bits per heavy atom. The van der Waals surface area contributed by atoms with E-state index in [1.165, 1.54) is 0 Å². The van der Waals surface area contributed by atoms with Gasteiger partial charge in [-0.2, -0.15) is 0 Å². The first-order valence-electron chi connectivity index (χ1n) is 10.9. The molecule has 8 nitrogen and oxygen atoms in total. The molecular weight excluding hydrogens is 394 g/mol. The Balaban J connectivity index is 1.33. The summed E-state index contributed by atoms with van der Waals surface area (Å²) in [5, 5.41) is 2.77. The fraction of sp³-hybridized carbons (Fsp3) is 0.522. The molecule has 2 atom stereocenters. The Kier molecular flexibility index (Phi) is 4.68. The number of amides is 2. The van der Waals surface area contributed by atoms with Crippen molar-refractivity contribution in [2.45, 2.75) is 52.1 Å². The number of carbonyl (C=O) groups is 2. The van der Waals surface area contributed by atoms with Crippen LogP contribution in [0, 0.1) is 18.3 Å². The normalized spacial score (nSPS) is 23.1. The molecule has 3 aliphatic rings. The van der Waals surface area contributed by atoms with Gasteiger partial charge in [-0.05, 0) is 44.2 Å². The van der Waals surface area contributed by atoms with Crippen molar-refractivity contribution in [3.8, 4) is 0 Å². The first-order chi connectivity index (χ1) is 14.8. The SMILES string of the molecule is Cc1cnc(CNC(=O)c2ccc3n(c2=O)C[C@H]2C[C@@H]3CN(C(=O)C3(C)CC3)C2)cn1. The second-order valence-electron chi connectivity index (χ2n) is 9.49. The molecule has 31 heavy (non-hydrogen) atoms. The van der Waals surface area contributed by atoms with Crippen molar-refractivity contribution in [1.29, 1.82) is 0 Å². The summed E-state index contributed by atoms with van der Waals surface area (Å²) in [6.07, 6.45) is 6.19. The minimum absolute atomic E-state index is 0.141. The van der Waals surface area contributed by atoms with Crippen molar-refractivity contribution >= 4 is 11.8 Å². The van der Waals surface area contributed by atoms with Gasteiger partial charge in [-0.15, -0.1) is 0 Å². The van der Waals surface area contributed by atoms with Crippen LogP contribution in [0.1, 0.15) is 59.5 Å². The Bertz CT molecular complexity index is 1100. The second kappa shape index (κ2) is 7.28. The average molecular weight is 422 g/mol. The molecule has 162 valence electrons. The van der Waals surface area contributed by atoms with Gasteiger partial charge in [0.15, 0.2) is 0 Å². The van der Waals surface area contributed by atoms with Gasteiger partial charge in [-0.25, -0.2) is 0 Å². The van der Waals surface area contributed by atoms with Gasteiger partial charge in [-0.1, -0.05) is 6.92 Å². The lowest BCUT2D eigenvalue weighted by molar-refractivity contribution is -0.139. The van der Waals surface area contributed by atoms with Crippen molar-refractivity contribution in [1.82, 2.24) is 24.8 Å². The summed E-state index contributed by atoms with van der Waals surface area (Å²) in [5.74, 6) is 0.243. The number of nitrogens with zero attached hydrogens (tertiary/aromatic N) is 4. The van der Waals surface area contributed by atoms with Crippen molar-refractivity contribution in [2.24, 2.45) is 11.3 Å². The van der Waals surface area contributed by atoms with Crippen LogP contribution < -0.4 is 10.9 Å². The van der Waals surface area contributed by atoms with Crippen molar-refractivity contribution in [3.63, 3.8) is 0 Å². The molecule has 2 fully saturated rings. The molecule has 0 unspecified atom stereocenters. The van der Waals surface area contributed by atoms with Gasteiger partial charge in [0.1, 0.15) is 5.56 Å². The summed E-state index contributed by atoms with van der Waals surface area (Å²) in [4.78, 5) is 49.0. The summed E-state index contributed by atoms with van der Waals surface area (Å²) in [6.45, 7) is 6.01. The van der Waals surface area contributed by atoms with Gasteiger partial charge in [0.2, 0.25) is 5.91 Å². The number of aryl methyl sites for hydroxylation is 1. The van der Waals surface area contributed by atoms with Crippen LogP contribution in [0.3, 0.4) is 0 Å². The lowest BCUT2D eigenvalue weighted by Gasteiger charge is -2.43. The van der Waals surface area contributed by atoms with E-state index in [1.54, 1.807) is 23.0 Å². The molecular formula is C23H27N5O3. The number of carbonyl (C=O) groups excluding carboxylic acids is 2. The smallest absolute Gasteiger partial charge is 0.263 e. The predicted molar refractivity (Wildman–Crippen MR) is 113 cm³/mol. The molecule has 1 N–H and O–H groups in total. The second-order valence-corrected chi connectivity index (χ2v) is 9.49. The number of aromatic nitrogens is 3. The van der Waals surface area contributed by atoms with E-state index in [9.17, 15) is 14.4 Å². The number of nitrogens with one attached hydrogen (secondary N) is 1. The van der Waals surface area contributed by atoms with Gasteiger partial charge in [0.25, 0.3) is 11.5 Å². The van der Waals surface area contributed by atoms with E-state index in [2.05, 4.69) is 15.3 Å². The van der Waals surface area contributed by atoms with Crippen molar-refractivity contribution in [3.05, 3.63) is 57.5 Å². The zero-order valence-corrected chi connectivity index (χ0v) is 17.9. The highest BCUT2D eigenvalue weighted by atomic mass is 16.2. The maximum Gasteiger partial charge on any atom is 0.263 e. The molecule has 4 heterocycles. The summed E-state index contributed by atoms with van der Waals surface area (Å²) >= 11 is 0. The highest BCUT2D eigenvalue weighted by molar-refractivity contribution is 5.93. The topological polar surface area (TPSA) is 97.2 Å². The Hall–Kier alpha value is -3.03. The number of piperidine rings is 1. The minimum atomic E-state index is -0.406. The number of pyridine rings is 1. The first-order valence-corrected chi connectivity index (χ1v) is 10.9. The van der Waals surface area contributed by atoms with Crippen molar-refractivity contribution < 1.29 is 9.59 Å². The van der Waals surface area contributed by atoms with Crippen LogP contribution in [-0.4, -0.2) is 44.3 Å². The molecule has 2 aromatic rings. The zero-order valence-electron chi connectivity index (χ0n) is 17.9. The molecule has 0 aromatic carbocycles. The number of fused-ring (bicyclic) bond motifs is 4. The average Bonchev–Trinajstić information content (AvgIpc) is 3.51. The van der Waals surface area contributed by atoms with Crippen LogP contribution >= 0.6 is 0 Å². The van der Waals surface area contributed by atoms with Gasteiger partial charge in [0.05, 0.1) is 24.1 Å². The molecule has 0 spiro atoms. The van der Waals surface area contributed by atoms with E-state index in [4.69, 9.17) is 0 Å². The summed E-state index contributed by atoms with van der Waals surface area (Å²) in [7, 11) is 0. The van der Waals surface area contributed by atoms with Crippen LogP contribution in [0.2, 0.25) is 0 Å². The Morgan fingerprint density at radius 1 is 1.16 bits per heavy atom. The molecule has 8 heteroatoms. The molecule has 5 rings (SSSR count). The zero-order chi connectivity index (χ0) is 21.8. The van der Waals surface area contributed by atoms with Gasteiger partial charge < -0.3 is 14.8 Å². The Labute approximate surface area is 180 Å². The molecule has 1 aliphatic carbocycles. The molecule has 1 saturated carbocycles. The van der Waals surface area contributed by atoms with E-state index in [-0.39, 0.29) is 40.8 Å². The third-order valence-corrected chi connectivity index (χ3v) is 6.92. The lowest BCUT2D eigenvalue weighted by atomic mass is 9.82. The minimum Gasteiger partial charge on any atom is -0.346 e. The van der Waals surface area contributed by atoms with E-state index >= 15 is 0 Å². The maximum atomic E-state index is 13.1. The van der Waals surface area contributed by atoms with Crippen LogP contribution in [0.5, 0.6) is 0 Å². The summed E-state index contributed by atoms with van der Waals surface area (Å²) in [5.41, 5.74) is 2.09. The third kappa shape index (κ3) is 3.64. The van der Waals surface area contributed by atoms with Gasteiger partial charge >= 0.3 is 0 Å². The first kappa shape index (κ1) is 19.9. The molecule has 1 saturated heterocycles. The van der Waals surface area contributed by atoms with Crippen molar-refractivity contribution in [2.75, 3.05) is 13.1 Å². The molecule has 0 radical (unpaired) electrons. The Morgan fingerprint density at radius 2 is 1.97 bits per heavy atom. The highest BCUT2D eigenvalue weighted by Crippen LogP contribution is 2.48. The van der Waals surface area contributed by atoms with Gasteiger partial charge in [-0.3, -0.25) is 24.4 Å². The fourth-order valence-corrected chi connectivity index (χ4v) is 4.84. The van der Waals surface area contributed by atoms with E-state index in [0.29, 0.717) is 25.3 Å². The number of likely N-dealkylation sites (tertiary alicyclic amines) is 1. The molecule has 2 aromatic heterocycles. The number of hydrogen-bond acceptors (Lipinski definition) is 5. The quantitative estimate of drug-likeness (QED) is 0.809. The number of hydrogen-bond donors (Lipinski definition) is 1. The third-order valence-electron chi connectivity index (χ3n) is 6.92. The summed E-state index contributed by atoms with van der Waals surface area (Å²) in [6, 6.07) is 3.50. The monoisotopic (exact) mass is 421 g/mol. The van der Waals surface area contributed by atoms with Crippen LogP contribution in [0.25, 0.3) is 0 Å². The van der Waals surface area contributed by atoms with Crippen LogP contribution in [-0.2, 0) is 17.9 Å². The van der Waals surface area contributed by atoms with Crippen LogP contribution in [0.15, 0.2) is 29.3 Å². The maximum absolute atomic E-state index is 13.1. The highest BCUT2D eigenvalue weighted by Gasteiger charge is 2.49. The number of rotatable bonds is 4. The van der Waals surface area contributed by atoms with E-state index in [0.717, 1.165) is 30.7 Å². The molecule has 2 amide bonds. The van der Waals surface area contributed by atoms with E-state index in [1.807, 2.05) is 24.8 Å². The lowest BCUT2D eigenvalue weighted by Crippen LogP contribution is -2.51. The largest absolute Gasteiger partial charge is 0.346 e. The molecule has 2 bridgehead atoms. The van der Waals surface area contributed by atoms with E-state index < -0.39 is 5.91 Å². The standard InChI is InChI=1S/C23H27N5O3/c1-14-8-25-17(9-24-14)10-26-20(29)18-3-4-19-16-7-15(12-28(19)21(18)30)11-27(13-16)22(31)23(2)5-6-23/h3-4,8-9,15-16H,5-7,10-13H2,1-2H3,(H,26,29)/t15-,16+/m0/s1.